The number of amides is 2. The van der Waals surface area contributed by atoms with Crippen molar-refractivity contribution >= 4 is 35.6 Å². The lowest BCUT2D eigenvalue weighted by Crippen LogP contribution is -2.54. The number of anilines is 2. The Labute approximate surface area is 454 Å². The molecule has 4 aromatic rings. The van der Waals surface area contributed by atoms with Gasteiger partial charge in [0.2, 0.25) is 0 Å². The van der Waals surface area contributed by atoms with E-state index in [4.69, 9.17) is 22.3 Å². The number of carbonyl (C=O) groups is 2. The van der Waals surface area contributed by atoms with Crippen LogP contribution >= 0.6 is 12.4 Å². The summed E-state index contributed by atoms with van der Waals surface area (Å²) in [6.45, 7) is 4.39. The molecule has 0 spiro atoms. The summed E-state index contributed by atoms with van der Waals surface area (Å²) in [6, 6.07) is 30.1. The van der Waals surface area contributed by atoms with Gasteiger partial charge in [0, 0.05) is 34.5 Å². The molecule has 14 rings (SSSR count). The van der Waals surface area contributed by atoms with Crippen molar-refractivity contribution in [3.8, 4) is 36.2 Å². The smallest absolute Gasteiger partial charge is 0.299 e. The minimum absolute atomic E-state index is 0. The Kier molecular flexibility index (Phi) is 15.6. The van der Waals surface area contributed by atoms with Crippen molar-refractivity contribution in [2.75, 3.05) is 24.9 Å². The van der Waals surface area contributed by atoms with E-state index in [0.29, 0.717) is 0 Å². The van der Waals surface area contributed by atoms with Crippen LogP contribution in [0.1, 0.15) is 175 Å². The van der Waals surface area contributed by atoms with Crippen LogP contribution < -0.4 is 20.1 Å². The Morgan fingerprint density at radius 3 is 1.17 bits per heavy atom. The topological polar surface area (TPSA) is 83.1 Å². The Balaban J connectivity index is 0.000000169. The molecule has 0 unspecified atom stereocenters. The average molecular weight is 1030 g/mol. The number of nitrogens with zero attached hydrogens (tertiary/aromatic N) is 2. The summed E-state index contributed by atoms with van der Waals surface area (Å²) in [5, 5.41) is 8.01. The highest BCUT2D eigenvalue weighted by molar-refractivity contribution is 5.94. The summed E-state index contributed by atoms with van der Waals surface area (Å²) in [4.78, 5) is 30.3. The molecule has 4 atom stereocenters. The second-order valence-corrected chi connectivity index (χ2v) is 24.5. The fraction of sp³-hybridized carbons (Fsp3) is 0.545. The van der Waals surface area contributed by atoms with Gasteiger partial charge < -0.3 is 29.9 Å². The maximum Gasteiger partial charge on any atom is 0.299 e. The minimum Gasteiger partial charge on any atom is -0.497 e. The maximum absolute atomic E-state index is 13.2. The van der Waals surface area contributed by atoms with Crippen LogP contribution in [0.4, 0.5) is 11.4 Å². The van der Waals surface area contributed by atoms with Crippen LogP contribution in [-0.2, 0) is 22.4 Å². The third-order valence-electron chi connectivity index (χ3n) is 19.4. The monoisotopic (exact) mass is 1030 g/mol. The number of rotatable bonds is 14. The zero-order chi connectivity index (χ0) is 51.1. The number of terminal acetylenes is 2. The molecule has 0 saturated heterocycles. The number of benzene rings is 4. The SMILES string of the molecule is C#CC(=O)N1[C@@H](CCCC)Cc2cc(OC)ccc2[C@@H]1c1ccc(NC23CC4CC(CC(C4)C2)C3)cc1.C#CC(=O)N1[C@@H](CCCC)Cc2cc(OC)ccc2[C@@H]1c1ccc(NC23CC4CC(CC(C4)C2)C3)cc1.Cl. The molecular weight excluding hydrogens is 948 g/mol. The van der Waals surface area contributed by atoms with E-state index in [-0.39, 0.29) is 59.5 Å². The van der Waals surface area contributed by atoms with Crippen molar-refractivity contribution in [1.82, 2.24) is 9.80 Å². The largest absolute Gasteiger partial charge is 0.497 e. The molecule has 0 aromatic heterocycles. The van der Waals surface area contributed by atoms with Crippen LogP contribution in [0.3, 0.4) is 0 Å². The van der Waals surface area contributed by atoms with E-state index in [2.05, 4.69) is 109 Å². The first-order valence-corrected chi connectivity index (χ1v) is 28.7. The predicted octanol–water partition coefficient (Wildman–Crippen LogP) is 13.9. The van der Waals surface area contributed by atoms with E-state index < -0.39 is 0 Å². The van der Waals surface area contributed by atoms with Gasteiger partial charge in [0.1, 0.15) is 11.5 Å². The first-order chi connectivity index (χ1) is 36.0. The Morgan fingerprint density at radius 2 is 0.880 bits per heavy atom. The molecule has 2 aliphatic heterocycles. The predicted molar refractivity (Wildman–Crippen MR) is 304 cm³/mol. The number of halogens is 1. The number of fused-ring (bicyclic) bond motifs is 2. The Bertz CT molecular complexity index is 2510. The third kappa shape index (κ3) is 10.6. The minimum atomic E-state index is -0.219. The molecule has 8 saturated carbocycles. The van der Waals surface area contributed by atoms with Crippen LogP contribution in [-0.4, -0.2) is 59.0 Å². The maximum atomic E-state index is 13.2. The highest BCUT2D eigenvalue weighted by Gasteiger charge is 2.52. The van der Waals surface area contributed by atoms with Gasteiger partial charge in [-0.25, -0.2) is 0 Å². The van der Waals surface area contributed by atoms with Gasteiger partial charge >= 0.3 is 0 Å². The standard InChI is InChI=1S/2C33H40N2O2.ClH/c2*1-4-6-7-28-17-26-18-29(37-3)12-13-30(26)32(35(28)31(36)5-2)25-8-10-27(11-9-25)34-33-19-22-14-23(20-33)16-24(15-22)21-33;/h2*2,8-13,18,22-24,28,32,34H,4,6-7,14-17,19-21H2,1,3H3;1H/t2*22?,23?,24?,28-,32-,33?;/m00./s1. The summed E-state index contributed by atoms with van der Waals surface area (Å²) in [7, 11) is 3.42. The fourth-order valence-electron chi connectivity index (χ4n) is 17.1. The summed E-state index contributed by atoms with van der Waals surface area (Å²) in [6.07, 6.45) is 35.9. The first kappa shape index (κ1) is 52.9. The number of ether oxygens (including phenoxy) is 2. The van der Waals surface area contributed by atoms with Gasteiger partial charge in [-0.2, -0.15) is 0 Å². The highest BCUT2D eigenvalue weighted by atomic mass is 35.5. The summed E-state index contributed by atoms with van der Waals surface area (Å²) in [5.41, 5.74) is 10.0. The van der Waals surface area contributed by atoms with Crippen molar-refractivity contribution in [2.24, 2.45) is 35.5 Å². The summed E-state index contributed by atoms with van der Waals surface area (Å²) in [5.74, 6) is 11.6. The van der Waals surface area contributed by atoms with Gasteiger partial charge in [-0.05, 0) is 232 Å². The van der Waals surface area contributed by atoms with Crippen molar-refractivity contribution in [3.63, 3.8) is 0 Å². The van der Waals surface area contributed by atoms with Crippen LogP contribution in [0.5, 0.6) is 11.5 Å². The van der Waals surface area contributed by atoms with E-state index in [1.807, 2.05) is 21.9 Å². The van der Waals surface area contributed by atoms with Gasteiger partial charge in [-0.3, -0.25) is 9.59 Å². The normalized spacial score (nSPS) is 31.1. The average Bonchev–Trinajstić information content (AvgIpc) is 3.40. The van der Waals surface area contributed by atoms with Crippen molar-refractivity contribution in [3.05, 3.63) is 118 Å². The second kappa shape index (κ2) is 22.2. The zero-order valence-corrected chi connectivity index (χ0v) is 45.9. The van der Waals surface area contributed by atoms with Gasteiger partial charge in [-0.1, -0.05) is 75.9 Å². The third-order valence-corrected chi connectivity index (χ3v) is 19.4. The number of hydrogen-bond donors (Lipinski definition) is 2. The van der Waals surface area contributed by atoms with E-state index >= 15 is 0 Å². The Morgan fingerprint density at radius 1 is 0.547 bits per heavy atom. The summed E-state index contributed by atoms with van der Waals surface area (Å²) < 4.78 is 11.1. The molecule has 9 heteroatoms. The molecule has 4 aromatic carbocycles. The van der Waals surface area contributed by atoms with Crippen molar-refractivity contribution in [1.29, 1.82) is 0 Å². The quantitative estimate of drug-likeness (QED) is 0.122. The van der Waals surface area contributed by atoms with Gasteiger partial charge in [0.15, 0.2) is 0 Å². The molecule has 8 fully saturated rings. The lowest BCUT2D eigenvalue weighted by molar-refractivity contribution is -0.130. The van der Waals surface area contributed by atoms with Gasteiger partial charge in [0.05, 0.1) is 26.3 Å². The molecule has 2 amide bonds. The first-order valence-electron chi connectivity index (χ1n) is 28.7. The van der Waals surface area contributed by atoms with Crippen LogP contribution in [0.25, 0.3) is 0 Å². The van der Waals surface area contributed by atoms with E-state index in [0.717, 1.165) is 121 Å². The zero-order valence-electron chi connectivity index (χ0n) is 45.1. The van der Waals surface area contributed by atoms with E-state index in [9.17, 15) is 9.59 Å². The number of methoxy groups -OCH3 is 2. The van der Waals surface area contributed by atoms with Gasteiger partial charge in [-0.15, -0.1) is 25.3 Å². The summed E-state index contributed by atoms with van der Waals surface area (Å²) >= 11 is 0. The Hall–Kier alpha value is -5.57. The molecule has 396 valence electrons. The molecule has 2 heterocycles. The molecule has 8 bridgehead atoms. The lowest BCUT2D eigenvalue weighted by atomic mass is 9.53. The number of carbonyl (C=O) groups excluding carboxylic acids is 2. The van der Waals surface area contributed by atoms with Crippen LogP contribution in [0.2, 0.25) is 0 Å². The van der Waals surface area contributed by atoms with Crippen LogP contribution in [0.15, 0.2) is 84.9 Å². The van der Waals surface area contributed by atoms with Crippen molar-refractivity contribution < 1.29 is 19.1 Å². The van der Waals surface area contributed by atoms with Crippen molar-refractivity contribution in [2.45, 2.75) is 178 Å². The molecule has 10 aliphatic rings. The fourth-order valence-corrected chi connectivity index (χ4v) is 17.1. The molecule has 8 nitrogen and oxygen atoms in total. The molecule has 2 N–H and O–H groups in total. The van der Waals surface area contributed by atoms with E-state index in [1.165, 1.54) is 99.6 Å². The number of nitrogens with one attached hydrogen (secondary N) is 2. The molecular formula is C66H81ClN4O4. The number of unbranched alkanes of at least 4 members (excludes halogenated alkanes) is 2. The molecule has 8 aliphatic carbocycles. The highest BCUT2D eigenvalue weighted by Crippen LogP contribution is 2.58. The molecule has 0 radical (unpaired) electrons. The number of hydrogen-bond acceptors (Lipinski definition) is 6. The lowest BCUT2D eigenvalue weighted by Gasteiger charge is -2.57. The molecule has 75 heavy (non-hydrogen) atoms. The second-order valence-electron chi connectivity index (χ2n) is 24.5. The van der Waals surface area contributed by atoms with E-state index in [1.54, 1.807) is 14.2 Å². The van der Waals surface area contributed by atoms with Gasteiger partial charge in [0.25, 0.3) is 11.8 Å². The van der Waals surface area contributed by atoms with Crippen LogP contribution in [0, 0.1) is 60.2 Å².